The molecule has 2 aromatic rings. The van der Waals surface area contributed by atoms with Crippen LogP contribution in [-0.2, 0) is 6.42 Å². The van der Waals surface area contributed by atoms with Gasteiger partial charge < -0.3 is 4.90 Å². The summed E-state index contributed by atoms with van der Waals surface area (Å²) in [4.78, 5) is 6.41. The van der Waals surface area contributed by atoms with Crippen LogP contribution in [0.5, 0.6) is 0 Å². The van der Waals surface area contributed by atoms with Gasteiger partial charge in [0.05, 0.1) is 11.3 Å². The lowest BCUT2D eigenvalue weighted by Gasteiger charge is -2.20. The molecule has 19 heavy (non-hydrogen) atoms. The van der Waals surface area contributed by atoms with E-state index in [-0.39, 0.29) is 0 Å². The highest BCUT2D eigenvalue weighted by Gasteiger charge is 2.07. The Balaban J connectivity index is 2.08. The molecule has 0 aliphatic carbocycles. The highest BCUT2D eigenvalue weighted by atomic mass is 15.1. The van der Waals surface area contributed by atoms with Gasteiger partial charge in [-0.1, -0.05) is 12.1 Å². The van der Waals surface area contributed by atoms with Gasteiger partial charge in [0.15, 0.2) is 0 Å². The molecule has 0 aliphatic rings. The number of hydrogen-bond acceptors (Lipinski definition) is 3. The van der Waals surface area contributed by atoms with Gasteiger partial charge in [0, 0.05) is 31.9 Å². The smallest absolute Gasteiger partial charge is 0.101 e. The Morgan fingerprint density at radius 3 is 2.79 bits per heavy atom. The SMILES string of the molecule is Cc1ccc(N(C)CCc2ccccn2)c(C#N)c1. The first-order chi connectivity index (χ1) is 9.20. The molecule has 0 bridgehead atoms. The molecule has 0 saturated heterocycles. The molecule has 0 spiro atoms. The summed E-state index contributed by atoms with van der Waals surface area (Å²) >= 11 is 0. The molecule has 96 valence electrons. The summed E-state index contributed by atoms with van der Waals surface area (Å²) in [7, 11) is 2.01. The van der Waals surface area contributed by atoms with E-state index >= 15 is 0 Å². The van der Waals surface area contributed by atoms with E-state index in [0.29, 0.717) is 0 Å². The zero-order valence-electron chi connectivity index (χ0n) is 11.3. The van der Waals surface area contributed by atoms with Crippen molar-refractivity contribution in [1.82, 2.24) is 4.98 Å². The Morgan fingerprint density at radius 2 is 2.11 bits per heavy atom. The number of hydrogen-bond donors (Lipinski definition) is 0. The molecule has 3 nitrogen and oxygen atoms in total. The molecule has 0 aliphatic heterocycles. The van der Waals surface area contributed by atoms with E-state index in [1.807, 2.05) is 56.6 Å². The monoisotopic (exact) mass is 251 g/mol. The van der Waals surface area contributed by atoms with Crippen LogP contribution in [0, 0.1) is 18.3 Å². The number of pyridine rings is 1. The third kappa shape index (κ3) is 3.32. The summed E-state index contributed by atoms with van der Waals surface area (Å²) in [5, 5.41) is 9.19. The van der Waals surface area contributed by atoms with Crippen LogP contribution < -0.4 is 4.90 Å². The zero-order chi connectivity index (χ0) is 13.7. The first kappa shape index (κ1) is 13.1. The fourth-order valence-corrected chi connectivity index (χ4v) is 2.02. The highest BCUT2D eigenvalue weighted by Crippen LogP contribution is 2.20. The number of nitriles is 1. The van der Waals surface area contributed by atoms with Crippen LogP contribution >= 0.6 is 0 Å². The van der Waals surface area contributed by atoms with Crippen LogP contribution in [0.3, 0.4) is 0 Å². The van der Waals surface area contributed by atoms with Crippen LogP contribution in [0.4, 0.5) is 5.69 Å². The average molecular weight is 251 g/mol. The van der Waals surface area contributed by atoms with Gasteiger partial charge in [-0.15, -0.1) is 0 Å². The van der Waals surface area contributed by atoms with Gasteiger partial charge in [-0.25, -0.2) is 0 Å². The van der Waals surface area contributed by atoms with Crippen molar-refractivity contribution < 1.29 is 0 Å². The lowest BCUT2D eigenvalue weighted by Crippen LogP contribution is -2.21. The molecule has 0 amide bonds. The number of aryl methyl sites for hydroxylation is 1. The molecule has 0 atom stereocenters. The molecule has 0 fully saturated rings. The fraction of sp³-hybridized carbons (Fsp3) is 0.250. The summed E-state index contributed by atoms with van der Waals surface area (Å²) < 4.78 is 0. The molecular weight excluding hydrogens is 234 g/mol. The van der Waals surface area contributed by atoms with Crippen LogP contribution in [-0.4, -0.2) is 18.6 Å². The number of anilines is 1. The minimum absolute atomic E-state index is 0.725. The first-order valence-corrected chi connectivity index (χ1v) is 6.32. The lowest BCUT2D eigenvalue weighted by molar-refractivity contribution is 0.851. The van der Waals surface area contributed by atoms with Crippen LogP contribution in [0.1, 0.15) is 16.8 Å². The summed E-state index contributed by atoms with van der Waals surface area (Å²) in [6, 6.07) is 14.2. The average Bonchev–Trinajstić information content (AvgIpc) is 2.45. The van der Waals surface area contributed by atoms with Crippen LogP contribution in [0.25, 0.3) is 0 Å². The van der Waals surface area contributed by atoms with Crippen molar-refractivity contribution in [2.75, 3.05) is 18.5 Å². The zero-order valence-corrected chi connectivity index (χ0v) is 11.3. The number of benzene rings is 1. The van der Waals surface area contributed by atoms with Gasteiger partial charge in [-0.2, -0.15) is 5.26 Å². The van der Waals surface area contributed by atoms with Gasteiger partial charge in [-0.3, -0.25) is 4.98 Å². The number of aromatic nitrogens is 1. The van der Waals surface area contributed by atoms with Crippen molar-refractivity contribution in [3.63, 3.8) is 0 Å². The maximum absolute atomic E-state index is 9.19. The predicted molar refractivity (Wildman–Crippen MR) is 77.1 cm³/mol. The molecule has 3 heteroatoms. The number of rotatable bonds is 4. The maximum Gasteiger partial charge on any atom is 0.101 e. The van der Waals surface area contributed by atoms with E-state index in [1.54, 1.807) is 0 Å². The van der Waals surface area contributed by atoms with E-state index < -0.39 is 0 Å². The first-order valence-electron chi connectivity index (χ1n) is 6.32. The molecule has 1 heterocycles. The molecule has 1 aromatic heterocycles. The fourth-order valence-electron chi connectivity index (χ4n) is 2.02. The van der Waals surface area contributed by atoms with Gasteiger partial charge in [0.25, 0.3) is 0 Å². The van der Waals surface area contributed by atoms with E-state index in [0.717, 1.165) is 35.5 Å². The lowest BCUT2D eigenvalue weighted by atomic mass is 10.1. The minimum atomic E-state index is 0.725. The number of likely N-dealkylation sites (N-methyl/N-ethyl adjacent to an activating group) is 1. The van der Waals surface area contributed by atoms with E-state index in [2.05, 4.69) is 16.0 Å². The van der Waals surface area contributed by atoms with Crippen LogP contribution in [0.2, 0.25) is 0 Å². The second kappa shape index (κ2) is 6.01. The summed E-state index contributed by atoms with van der Waals surface area (Å²) in [6.07, 6.45) is 2.68. The van der Waals surface area contributed by atoms with Gasteiger partial charge in [-0.05, 0) is 36.8 Å². The van der Waals surface area contributed by atoms with Crippen molar-refractivity contribution in [3.8, 4) is 6.07 Å². The molecule has 1 aromatic carbocycles. The predicted octanol–water partition coefficient (Wildman–Crippen LogP) is 2.94. The van der Waals surface area contributed by atoms with Gasteiger partial charge >= 0.3 is 0 Å². The van der Waals surface area contributed by atoms with Crippen molar-refractivity contribution >= 4 is 5.69 Å². The highest BCUT2D eigenvalue weighted by molar-refractivity contribution is 5.60. The summed E-state index contributed by atoms with van der Waals surface area (Å²) in [5.41, 5.74) is 3.88. The Kier molecular flexibility index (Phi) is 4.15. The Morgan fingerprint density at radius 1 is 1.26 bits per heavy atom. The third-order valence-electron chi connectivity index (χ3n) is 3.11. The topological polar surface area (TPSA) is 39.9 Å². The van der Waals surface area contributed by atoms with Crippen molar-refractivity contribution in [3.05, 3.63) is 59.4 Å². The second-order valence-corrected chi connectivity index (χ2v) is 4.63. The number of nitrogens with zero attached hydrogens (tertiary/aromatic N) is 3. The summed E-state index contributed by atoms with van der Waals surface area (Å²) in [5.74, 6) is 0. The van der Waals surface area contributed by atoms with E-state index in [9.17, 15) is 5.26 Å². The molecule has 0 saturated carbocycles. The quantitative estimate of drug-likeness (QED) is 0.838. The Hall–Kier alpha value is -2.34. The molecule has 0 N–H and O–H groups in total. The van der Waals surface area contributed by atoms with Crippen molar-refractivity contribution in [1.29, 1.82) is 5.26 Å². The standard InChI is InChI=1S/C16H17N3/c1-13-6-7-16(14(11-13)12-17)19(2)10-8-15-5-3-4-9-18-15/h3-7,9,11H,8,10H2,1-2H3. The van der Waals surface area contributed by atoms with Crippen molar-refractivity contribution in [2.45, 2.75) is 13.3 Å². The molecule has 0 radical (unpaired) electrons. The maximum atomic E-state index is 9.19. The van der Waals surface area contributed by atoms with E-state index in [1.165, 1.54) is 0 Å². The van der Waals surface area contributed by atoms with E-state index in [4.69, 9.17) is 0 Å². The third-order valence-corrected chi connectivity index (χ3v) is 3.11. The minimum Gasteiger partial charge on any atom is -0.373 e. The largest absolute Gasteiger partial charge is 0.373 e. The summed E-state index contributed by atoms with van der Waals surface area (Å²) in [6.45, 7) is 2.84. The van der Waals surface area contributed by atoms with Gasteiger partial charge in [0.1, 0.15) is 6.07 Å². The Labute approximate surface area is 114 Å². The normalized spacial score (nSPS) is 9.95. The Bertz CT molecular complexity index is 585. The molecular formula is C16H17N3. The molecule has 0 unspecified atom stereocenters. The van der Waals surface area contributed by atoms with Crippen LogP contribution in [0.15, 0.2) is 42.6 Å². The van der Waals surface area contributed by atoms with Gasteiger partial charge in [0.2, 0.25) is 0 Å². The second-order valence-electron chi connectivity index (χ2n) is 4.63. The van der Waals surface area contributed by atoms with Crippen molar-refractivity contribution in [2.24, 2.45) is 0 Å². The molecule has 2 rings (SSSR count).